The highest BCUT2D eigenvalue weighted by Crippen LogP contribution is 2.70. The Kier molecular flexibility index (Phi) is 7.71. The van der Waals surface area contributed by atoms with E-state index in [0.29, 0.717) is 48.4 Å². The summed E-state index contributed by atoms with van der Waals surface area (Å²) in [6.45, 7) is 4.09. The largest absolute Gasteiger partial charge is 0.497 e. The van der Waals surface area contributed by atoms with Crippen molar-refractivity contribution in [2.45, 2.75) is 62.5 Å². The number of nitrogens with zero attached hydrogens (tertiary/aromatic N) is 1. The molecule has 4 aliphatic rings. The van der Waals surface area contributed by atoms with Crippen LogP contribution in [0.4, 0.5) is 0 Å². The molecule has 7 rings (SSSR count). The molecule has 7 atom stereocenters. The summed E-state index contributed by atoms with van der Waals surface area (Å²) in [7, 11) is 2.99. The molecule has 2 unspecified atom stereocenters. The maximum Gasteiger partial charge on any atom is 0.231 e. The average molecular weight is 645 g/mol. The Bertz CT molecular complexity index is 1680. The molecule has 3 aromatic carbocycles. The van der Waals surface area contributed by atoms with Crippen molar-refractivity contribution in [1.29, 1.82) is 0 Å². The van der Waals surface area contributed by atoms with Gasteiger partial charge in [-0.1, -0.05) is 56.3 Å². The Morgan fingerprint density at radius 3 is 2.49 bits per heavy atom. The van der Waals surface area contributed by atoms with Gasteiger partial charge in [0, 0.05) is 24.4 Å². The van der Waals surface area contributed by atoms with Crippen LogP contribution >= 0.6 is 0 Å². The predicted octanol–water partition coefficient (Wildman–Crippen LogP) is 3.79. The van der Waals surface area contributed by atoms with Crippen LogP contribution in [0.1, 0.15) is 55.7 Å². The van der Waals surface area contributed by atoms with E-state index >= 15 is 4.79 Å². The first-order chi connectivity index (χ1) is 22.7. The molecule has 0 spiro atoms. The van der Waals surface area contributed by atoms with Crippen LogP contribution in [0.15, 0.2) is 60.7 Å². The van der Waals surface area contributed by atoms with Crippen molar-refractivity contribution >= 4 is 11.8 Å². The van der Waals surface area contributed by atoms with Gasteiger partial charge in [-0.15, -0.1) is 0 Å². The molecule has 11 heteroatoms. The van der Waals surface area contributed by atoms with E-state index in [0.717, 1.165) is 0 Å². The smallest absolute Gasteiger partial charge is 0.231 e. The Morgan fingerprint density at radius 2 is 1.81 bits per heavy atom. The van der Waals surface area contributed by atoms with Crippen LogP contribution in [0, 0.1) is 11.8 Å². The lowest BCUT2D eigenvalue weighted by molar-refractivity contribution is -0.167. The van der Waals surface area contributed by atoms with Crippen LogP contribution < -0.4 is 29.0 Å². The number of aliphatic hydroxyl groups is 2. The van der Waals surface area contributed by atoms with Gasteiger partial charge in [-0.25, -0.2) is 0 Å². The standard InChI is InChI=1S/C36H40N2O9/c1-5-20(2)32(39)37-26-12-9-17-38(26)33(40)29-27(21-10-7-6-8-11-21)36(22-13-15-23(43-3)16-14-22)34(41)35(29,42)28-24(47-36)18-25-30(31(28)44-4)46-19-45-25/h6-8,10-11,13-16,18,20,26-27,29,34,41-42H,5,9,12,17,19H2,1-4H3,(H,37,39)/t20?,26?,27-,29+,34+,35+,36+/m1/s1. The number of hydrogen-bond donors (Lipinski definition) is 3. The number of hydrogen-bond acceptors (Lipinski definition) is 9. The van der Waals surface area contributed by atoms with Gasteiger partial charge >= 0.3 is 0 Å². The molecule has 248 valence electrons. The number of carbonyl (C=O) groups is 2. The quantitative estimate of drug-likeness (QED) is 0.335. The summed E-state index contributed by atoms with van der Waals surface area (Å²) in [6, 6.07) is 18.0. The molecule has 2 amide bonds. The summed E-state index contributed by atoms with van der Waals surface area (Å²) in [5, 5.41) is 29.0. The first-order valence-electron chi connectivity index (χ1n) is 16.1. The Labute approximate surface area is 273 Å². The summed E-state index contributed by atoms with van der Waals surface area (Å²) in [5.74, 6) is -1.44. The number of likely N-dealkylation sites (tertiary alicyclic amines) is 1. The molecule has 47 heavy (non-hydrogen) atoms. The van der Waals surface area contributed by atoms with Crippen molar-refractivity contribution in [1.82, 2.24) is 10.2 Å². The SMILES string of the molecule is CCC(C)C(=O)NC1CCCN1C(=O)[C@@H]1[C@@H](c2ccccc2)[C@]2(c3ccc(OC)cc3)Oc3cc4c(c(OC)c3[C@@]1(O)[C@@H]2O)OCO4. The minimum absolute atomic E-state index is 0.0699. The summed E-state index contributed by atoms with van der Waals surface area (Å²) in [4.78, 5) is 29.9. The average Bonchev–Trinajstić information content (AvgIpc) is 3.79. The number of rotatable bonds is 8. The fourth-order valence-corrected chi connectivity index (χ4v) is 7.94. The molecule has 1 saturated heterocycles. The third-order valence-corrected chi connectivity index (χ3v) is 10.4. The zero-order chi connectivity index (χ0) is 33.1. The maximum absolute atomic E-state index is 15.2. The number of carbonyl (C=O) groups excluding carboxylic acids is 2. The van der Waals surface area contributed by atoms with Crippen LogP contribution in [0.2, 0.25) is 0 Å². The van der Waals surface area contributed by atoms with E-state index in [9.17, 15) is 15.0 Å². The maximum atomic E-state index is 15.2. The number of methoxy groups -OCH3 is 2. The Balaban J connectivity index is 1.47. The molecule has 3 heterocycles. The monoisotopic (exact) mass is 644 g/mol. The lowest BCUT2D eigenvalue weighted by Crippen LogP contribution is -2.56. The number of nitrogens with one attached hydrogen (secondary N) is 1. The first kappa shape index (κ1) is 31.1. The number of benzene rings is 3. The van der Waals surface area contributed by atoms with Crippen LogP contribution in [-0.4, -0.2) is 66.8 Å². The second kappa shape index (κ2) is 11.6. The number of ether oxygens (including phenoxy) is 5. The zero-order valence-corrected chi connectivity index (χ0v) is 26.9. The number of amides is 2. The molecular weight excluding hydrogens is 604 g/mol. The predicted molar refractivity (Wildman–Crippen MR) is 169 cm³/mol. The Morgan fingerprint density at radius 1 is 1.06 bits per heavy atom. The molecule has 0 aromatic heterocycles. The van der Waals surface area contributed by atoms with Gasteiger partial charge in [0.2, 0.25) is 24.4 Å². The van der Waals surface area contributed by atoms with E-state index in [1.165, 1.54) is 7.11 Å². The fraction of sp³-hybridized carbons (Fsp3) is 0.444. The Hall–Kier alpha value is -4.48. The van der Waals surface area contributed by atoms with E-state index in [1.54, 1.807) is 42.3 Å². The molecule has 3 aromatic rings. The summed E-state index contributed by atoms with van der Waals surface area (Å²) in [6.07, 6.45) is -0.334. The van der Waals surface area contributed by atoms with Gasteiger partial charge < -0.3 is 44.1 Å². The van der Waals surface area contributed by atoms with E-state index in [4.69, 9.17) is 23.7 Å². The lowest BCUT2D eigenvalue weighted by Gasteiger charge is -2.45. The van der Waals surface area contributed by atoms with Gasteiger partial charge in [-0.3, -0.25) is 9.59 Å². The molecule has 2 fully saturated rings. The van der Waals surface area contributed by atoms with Gasteiger partial charge in [-0.05, 0) is 42.5 Å². The highest BCUT2D eigenvalue weighted by atomic mass is 16.7. The van der Waals surface area contributed by atoms with Gasteiger partial charge in [-0.2, -0.15) is 0 Å². The minimum Gasteiger partial charge on any atom is -0.497 e. The van der Waals surface area contributed by atoms with Crippen molar-refractivity contribution < 1.29 is 43.5 Å². The molecule has 0 radical (unpaired) electrons. The summed E-state index contributed by atoms with van der Waals surface area (Å²) < 4.78 is 29.7. The third kappa shape index (κ3) is 4.46. The van der Waals surface area contributed by atoms with Crippen LogP contribution in [0.3, 0.4) is 0 Å². The number of aliphatic hydroxyl groups excluding tert-OH is 1. The highest BCUT2D eigenvalue weighted by Gasteiger charge is 2.77. The van der Waals surface area contributed by atoms with Crippen molar-refractivity contribution in [3.8, 4) is 28.7 Å². The molecule has 3 N–H and O–H groups in total. The van der Waals surface area contributed by atoms with Crippen molar-refractivity contribution in [2.24, 2.45) is 11.8 Å². The van der Waals surface area contributed by atoms with E-state index in [-0.39, 0.29) is 41.4 Å². The lowest BCUT2D eigenvalue weighted by atomic mass is 9.75. The summed E-state index contributed by atoms with van der Waals surface area (Å²) >= 11 is 0. The molecule has 1 aliphatic carbocycles. The molecular formula is C36H40N2O9. The second-order valence-corrected chi connectivity index (χ2v) is 12.7. The van der Waals surface area contributed by atoms with E-state index < -0.39 is 41.2 Å². The highest BCUT2D eigenvalue weighted by molar-refractivity contribution is 5.86. The molecule has 3 aliphatic heterocycles. The van der Waals surface area contributed by atoms with E-state index in [2.05, 4.69) is 5.32 Å². The van der Waals surface area contributed by atoms with Gasteiger partial charge in [0.25, 0.3) is 0 Å². The molecule has 11 nitrogen and oxygen atoms in total. The molecule has 1 saturated carbocycles. The normalized spacial score (nSPS) is 29.1. The minimum atomic E-state index is -2.23. The van der Waals surface area contributed by atoms with Crippen molar-refractivity contribution in [2.75, 3.05) is 27.6 Å². The fourth-order valence-electron chi connectivity index (χ4n) is 7.94. The number of fused-ring (bicyclic) bond motifs is 5. The third-order valence-electron chi connectivity index (χ3n) is 10.4. The van der Waals surface area contributed by atoms with Crippen LogP contribution in [0.25, 0.3) is 0 Å². The topological polar surface area (TPSA) is 136 Å². The van der Waals surface area contributed by atoms with E-state index in [1.807, 2.05) is 44.2 Å². The zero-order valence-electron chi connectivity index (χ0n) is 26.9. The van der Waals surface area contributed by atoms with Crippen molar-refractivity contribution in [3.63, 3.8) is 0 Å². The van der Waals surface area contributed by atoms with Gasteiger partial charge in [0.05, 0.1) is 25.7 Å². The molecule has 2 bridgehead atoms. The van der Waals surface area contributed by atoms with Crippen molar-refractivity contribution in [3.05, 3.63) is 77.4 Å². The summed E-state index contributed by atoms with van der Waals surface area (Å²) in [5.41, 5.74) is -2.55. The second-order valence-electron chi connectivity index (χ2n) is 12.7. The first-order valence-corrected chi connectivity index (χ1v) is 16.1. The van der Waals surface area contributed by atoms with Crippen LogP contribution in [0.5, 0.6) is 28.7 Å². The van der Waals surface area contributed by atoms with Gasteiger partial charge in [0.15, 0.2) is 17.1 Å². The van der Waals surface area contributed by atoms with Gasteiger partial charge in [0.1, 0.15) is 29.4 Å². The van der Waals surface area contributed by atoms with Crippen LogP contribution in [-0.2, 0) is 20.8 Å².